The summed E-state index contributed by atoms with van der Waals surface area (Å²) in [6.07, 6.45) is 4.35. The molecule has 0 saturated carbocycles. The van der Waals surface area contributed by atoms with Gasteiger partial charge in [0, 0.05) is 33.8 Å². The van der Waals surface area contributed by atoms with Gasteiger partial charge in [-0.1, -0.05) is 152 Å². The molecule has 0 radical (unpaired) electrons. The zero-order valence-corrected chi connectivity index (χ0v) is 27.7. The summed E-state index contributed by atoms with van der Waals surface area (Å²) in [7, 11) is 0. The average molecular weight is 641 g/mol. The van der Waals surface area contributed by atoms with Crippen molar-refractivity contribution in [3.8, 4) is 11.1 Å². The van der Waals surface area contributed by atoms with Gasteiger partial charge >= 0.3 is 0 Å². The number of benzene rings is 8. The van der Waals surface area contributed by atoms with Gasteiger partial charge in [0.2, 0.25) is 0 Å². The van der Waals surface area contributed by atoms with Gasteiger partial charge in [0.15, 0.2) is 0 Å². The van der Waals surface area contributed by atoms with Crippen LogP contribution in [0.5, 0.6) is 0 Å². The minimum Gasteiger partial charge on any atom is -0.311 e. The summed E-state index contributed by atoms with van der Waals surface area (Å²) in [6, 6.07) is 73.1. The van der Waals surface area contributed by atoms with Crippen LogP contribution in [0.25, 0.3) is 34.1 Å². The molecule has 50 heavy (non-hydrogen) atoms. The molecule has 0 aliphatic rings. The number of fused-ring (bicyclic) bond motifs is 1. The number of anilines is 6. The summed E-state index contributed by atoms with van der Waals surface area (Å²) in [6.45, 7) is 0. The molecule has 0 aliphatic carbocycles. The first-order valence-electron chi connectivity index (χ1n) is 17.0. The molecule has 238 valence electrons. The van der Waals surface area contributed by atoms with Crippen LogP contribution in [0.4, 0.5) is 34.1 Å². The van der Waals surface area contributed by atoms with Crippen molar-refractivity contribution >= 4 is 57.0 Å². The topological polar surface area (TPSA) is 6.48 Å². The smallest absolute Gasteiger partial charge is 0.0540 e. The predicted molar refractivity (Wildman–Crippen MR) is 214 cm³/mol. The lowest BCUT2D eigenvalue weighted by Crippen LogP contribution is -2.10. The van der Waals surface area contributed by atoms with E-state index in [0.29, 0.717) is 0 Å². The van der Waals surface area contributed by atoms with Gasteiger partial charge in [-0.05, 0) is 94.4 Å². The molecule has 0 atom stereocenters. The van der Waals surface area contributed by atoms with Gasteiger partial charge in [0.1, 0.15) is 0 Å². The Labute approximate surface area is 294 Å². The molecule has 0 fully saturated rings. The first-order chi connectivity index (χ1) is 24.8. The quantitative estimate of drug-likeness (QED) is 0.145. The minimum absolute atomic E-state index is 1.12. The van der Waals surface area contributed by atoms with Crippen LogP contribution in [0, 0.1) is 0 Å². The van der Waals surface area contributed by atoms with Gasteiger partial charge in [-0.15, -0.1) is 0 Å². The number of para-hydroxylation sites is 3. The lowest BCUT2D eigenvalue weighted by atomic mass is 10.0. The van der Waals surface area contributed by atoms with Crippen molar-refractivity contribution < 1.29 is 0 Å². The predicted octanol–water partition coefficient (Wildman–Crippen LogP) is 13.6. The lowest BCUT2D eigenvalue weighted by molar-refractivity contribution is 1.28. The number of rotatable bonds is 9. The summed E-state index contributed by atoms with van der Waals surface area (Å²) in [5, 5.41) is 2.45. The first-order valence-corrected chi connectivity index (χ1v) is 17.0. The van der Waals surface area contributed by atoms with E-state index in [9.17, 15) is 0 Å². The number of hydrogen-bond donors (Lipinski definition) is 0. The largest absolute Gasteiger partial charge is 0.311 e. The zero-order chi connectivity index (χ0) is 33.5. The molecule has 0 heterocycles. The fourth-order valence-corrected chi connectivity index (χ4v) is 6.53. The van der Waals surface area contributed by atoms with E-state index >= 15 is 0 Å². The fraction of sp³-hybridized carbons (Fsp3) is 0. The average Bonchev–Trinajstić information content (AvgIpc) is 3.20. The van der Waals surface area contributed by atoms with E-state index in [2.05, 4.69) is 228 Å². The summed E-state index contributed by atoms with van der Waals surface area (Å²) in [5.41, 5.74) is 11.5. The minimum atomic E-state index is 1.12. The van der Waals surface area contributed by atoms with Crippen LogP contribution in [0.3, 0.4) is 0 Å². The second kappa shape index (κ2) is 14.2. The van der Waals surface area contributed by atoms with Gasteiger partial charge < -0.3 is 9.80 Å². The van der Waals surface area contributed by atoms with Crippen LogP contribution in [0.2, 0.25) is 0 Å². The SMILES string of the molecule is C(=Cc1ccc(N(c2ccccc2)c2ccccc2)cc1)c1ccc(-c2ccc(N(c3ccccc3)c3cccc4ccccc34)cc2)cc1. The summed E-state index contributed by atoms with van der Waals surface area (Å²) >= 11 is 0. The standard InChI is InChI=1S/C48H36N2/c1-4-15-42(16-5-1)49(43-17-6-2-7-18-43)45-33-27-38(28-34-45)24-23-37-25-29-39(30-26-37)40-31-35-46(36-32-40)50(44-19-8-3-9-20-44)48-22-12-14-41-13-10-11-21-47(41)48/h1-36H. The van der Waals surface area contributed by atoms with Crippen molar-refractivity contribution in [2.75, 3.05) is 9.80 Å². The van der Waals surface area contributed by atoms with E-state index in [1.54, 1.807) is 0 Å². The highest BCUT2D eigenvalue weighted by atomic mass is 15.1. The molecular formula is C48H36N2. The summed E-state index contributed by atoms with van der Waals surface area (Å²) in [5.74, 6) is 0. The maximum absolute atomic E-state index is 2.34. The molecular weight excluding hydrogens is 605 g/mol. The Morgan fingerprint density at radius 1 is 0.280 bits per heavy atom. The Kier molecular flexibility index (Phi) is 8.73. The molecule has 8 aromatic rings. The van der Waals surface area contributed by atoms with Crippen LogP contribution >= 0.6 is 0 Å². The molecule has 0 spiro atoms. The second-order valence-electron chi connectivity index (χ2n) is 12.3. The van der Waals surface area contributed by atoms with E-state index < -0.39 is 0 Å². The van der Waals surface area contributed by atoms with Crippen LogP contribution < -0.4 is 9.80 Å². The molecule has 0 aromatic heterocycles. The van der Waals surface area contributed by atoms with Crippen molar-refractivity contribution in [3.63, 3.8) is 0 Å². The van der Waals surface area contributed by atoms with E-state index in [4.69, 9.17) is 0 Å². The Morgan fingerprint density at radius 3 is 1.22 bits per heavy atom. The van der Waals surface area contributed by atoms with Crippen molar-refractivity contribution in [1.82, 2.24) is 0 Å². The third-order valence-electron chi connectivity index (χ3n) is 9.04. The molecule has 0 aliphatic heterocycles. The molecule has 0 amide bonds. The van der Waals surface area contributed by atoms with Gasteiger partial charge in [0.05, 0.1) is 5.69 Å². The molecule has 0 bridgehead atoms. The highest BCUT2D eigenvalue weighted by molar-refractivity contribution is 5.99. The van der Waals surface area contributed by atoms with Crippen LogP contribution in [0.1, 0.15) is 11.1 Å². The zero-order valence-electron chi connectivity index (χ0n) is 27.7. The molecule has 8 rings (SSSR count). The summed E-state index contributed by atoms with van der Waals surface area (Å²) in [4.78, 5) is 4.62. The molecule has 0 saturated heterocycles. The second-order valence-corrected chi connectivity index (χ2v) is 12.3. The fourth-order valence-electron chi connectivity index (χ4n) is 6.53. The van der Waals surface area contributed by atoms with Crippen LogP contribution in [0.15, 0.2) is 206 Å². The maximum atomic E-state index is 2.34. The first kappa shape index (κ1) is 30.7. The Hall–Kier alpha value is -6.64. The van der Waals surface area contributed by atoms with Crippen LogP contribution in [-0.4, -0.2) is 0 Å². The maximum Gasteiger partial charge on any atom is 0.0540 e. The molecule has 2 heteroatoms. The third kappa shape index (κ3) is 6.56. The van der Waals surface area contributed by atoms with Crippen molar-refractivity contribution in [1.29, 1.82) is 0 Å². The van der Waals surface area contributed by atoms with Gasteiger partial charge in [-0.25, -0.2) is 0 Å². The molecule has 0 unspecified atom stereocenters. The van der Waals surface area contributed by atoms with E-state index in [1.165, 1.54) is 21.9 Å². The molecule has 0 N–H and O–H groups in total. The summed E-state index contributed by atoms with van der Waals surface area (Å²) < 4.78 is 0. The third-order valence-corrected chi connectivity index (χ3v) is 9.04. The Balaban J connectivity index is 1.00. The van der Waals surface area contributed by atoms with Crippen molar-refractivity contribution in [2.24, 2.45) is 0 Å². The Bertz CT molecular complexity index is 2280. The highest BCUT2D eigenvalue weighted by Gasteiger charge is 2.15. The Morgan fingerprint density at radius 2 is 0.660 bits per heavy atom. The van der Waals surface area contributed by atoms with Gasteiger partial charge in [-0.2, -0.15) is 0 Å². The van der Waals surface area contributed by atoms with Gasteiger partial charge in [-0.3, -0.25) is 0 Å². The van der Waals surface area contributed by atoms with Gasteiger partial charge in [0.25, 0.3) is 0 Å². The molecule has 2 nitrogen and oxygen atoms in total. The van der Waals surface area contributed by atoms with E-state index in [1.807, 2.05) is 0 Å². The monoisotopic (exact) mass is 640 g/mol. The van der Waals surface area contributed by atoms with Crippen LogP contribution in [-0.2, 0) is 0 Å². The van der Waals surface area contributed by atoms with Crippen molar-refractivity contribution in [3.05, 3.63) is 217 Å². The highest BCUT2D eigenvalue weighted by Crippen LogP contribution is 2.39. The lowest BCUT2D eigenvalue weighted by Gasteiger charge is -2.27. The van der Waals surface area contributed by atoms with E-state index in [0.717, 1.165) is 45.3 Å². The van der Waals surface area contributed by atoms with E-state index in [-0.39, 0.29) is 0 Å². The number of nitrogens with zero attached hydrogens (tertiary/aromatic N) is 2. The molecule has 8 aromatic carbocycles. The number of hydrogen-bond acceptors (Lipinski definition) is 2. The normalized spacial score (nSPS) is 11.1. The van der Waals surface area contributed by atoms with Crippen molar-refractivity contribution in [2.45, 2.75) is 0 Å².